The van der Waals surface area contributed by atoms with Crippen LogP contribution in [0.1, 0.15) is 17.3 Å². The fourth-order valence-corrected chi connectivity index (χ4v) is 2.29. The van der Waals surface area contributed by atoms with Gasteiger partial charge < -0.3 is 11.1 Å². The van der Waals surface area contributed by atoms with Gasteiger partial charge >= 0.3 is 0 Å². The summed E-state index contributed by atoms with van der Waals surface area (Å²) < 4.78 is 0. The van der Waals surface area contributed by atoms with Gasteiger partial charge in [-0.2, -0.15) is 0 Å². The SMILES string of the molecule is CC(N)C(=O)c1ccc2c(c1)NC(=O)CS2. The first-order valence-corrected chi connectivity index (χ1v) is 5.93. The second kappa shape index (κ2) is 4.27. The minimum Gasteiger partial charge on any atom is -0.324 e. The summed E-state index contributed by atoms with van der Waals surface area (Å²) in [6.07, 6.45) is 0. The molecule has 0 bridgehead atoms. The smallest absolute Gasteiger partial charge is 0.234 e. The summed E-state index contributed by atoms with van der Waals surface area (Å²) in [6.45, 7) is 1.65. The minimum atomic E-state index is -0.523. The normalized spacial score (nSPS) is 16.2. The van der Waals surface area contributed by atoms with Crippen LogP contribution in [0.25, 0.3) is 0 Å². The molecule has 0 saturated heterocycles. The molecule has 0 radical (unpaired) electrons. The first-order chi connectivity index (χ1) is 7.58. The molecule has 0 saturated carbocycles. The van der Waals surface area contributed by atoms with Crippen molar-refractivity contribution < 1.29 is 9.59 Å². The number of carbonyl (C=O) groups is 2. The van der Waals surface area contributed by atoms with Gasteiger partial charge in [0.15, 0.2) is 5.78 Å². The molecule has 0 spiro atoms. The summed E-state index contributed by atoms with van der Waals surface area (Å²) >= 11 is 1.47. The lowest BCUT2D eigenvalue weighted by Crippen LogP contribution is -2.27. The lowest BCUT2D eigenvalue weighted by atomic mass is 10.1. The molecule has 4 nitrogen and oxygen atoms in total. The van der Waals surface area contributed by atoms with Gasteiger partial charge in [-0.05, 0) is 19.1 Å². The van der Waals surface area contributed by atoms with E-state index in [9.17, 15) is 9.59 Å². The number of Topliss-reactive ketones (excluding diaryl/α,β-unsaturated/α-hetero) is 1. The Balaban J connectivity index is 2.35. The third kappa shape index (κ3) is 2.10. The molecule has 1 aromatic carbocycles. The highest BCUT2D eigenvalue weighted by Gasteiger charge is 2.18. The molecule has 1 amide bonds. The highest BCUT2D eigenvalue weighted by Crippen LogP contribution is 2.32. The number of anilines is 1. The number of benzene rings is 1. The van der Waals surface area contributed by atoms with E-state index in [1.165, 1.54) is 11.8 Å². The lowest BCUT2D eigenvalue weighted by Gasteiger charge is -2.17. The van der Waals surface area contributed by atoms with E-state index in [1.54, 1.807) is 19.1 Å². The predicted octanol–water partition coefficient (Wildman–Crippen LogP) is 1.26. The Morgan fingerprint density at radius 1 is 1.56 bits per heavy atom. The molecule has 1 unspecified atom stereocenters. The topological polar surface area (TPSA) is 72.2 Å². The first-order valence-electron chi connectivity index (χ1n) is 4.94. The van der Waals surface area contributed by atoms with Crippen LogP contribution in [0.5, 0.6) is 0 Å². The molecule has 0 aliphatic carbocycles. The first kappa shape index (κ1) is 11.2. The molecule has 1 aromatic rings. The van der Waals surface area contributed by atoms with Crippen LogP contribution in [0.4, 0.5) is 5.69 Å². The maximum Gasteiger partial charge on any atom is 0.234 e. The Morgan fingerprint density at radius 2 is 2.31 bits per heavy atom. The largest absolute Gasteiger partial charge is 0.324 e. The molecule has 84 valence electrons. The van der Waals surface area contributed by atoms with E-state index in [4.69, 9.17) is 5.73 Å². The van der Waals surface area contributed by atoms with Crippen molar-refractivity contribution in [2.24, 2.45) is 5.73 Å². The molecule has 1 aliphatic rings. The highest BCUT2D eigenvalue weighted by atomic mass is 32.2. The van der Waals surface area contributed by atoms with Gasteiger partial charge in [0.2, 0.25) is 5.91 Å². The Morgan fingerprint density at radius 3 is 3.00 bits per heavy atom. The van der Waals surface area contributed by atoms with Crippen molar-refractivity contribution in [3.05, 3.63) is 23.8 Å². The maximum absolute atomic E-state index is 11.7. The van der Waals surface area contributed by atoms with Gasteiger partial charge in [0.05, 0.1) is 17.5 Å². The van der Waals surface area contributed by atoms with Crippen LogP contribution >= 0.6 is 11.8 Å². The standard InChI is InChI=1S/C11H12N2O2S/c1-6(12)11(15)7-2-3-9-8(4-7)13-10(14)5-16-9/h2-4,6H,5,12H2,1H3,(H,13,14). The van der Waals surface area contributed by atoms with E-state index in [2.05, 4.69) is 5.32 Å². The number of carbonyl (C=O) groups excluding carboxylic acids is 2. The Labute approximate surface area is 97.6 Å². The molecule has 0 fully saturated rings. The minimum absolute atomic E-state index is 0.0390. The van der Waals surface area contributed by atoms with E-state index in [-0.39, 0.29) is 11.7 Å². The van der Waals surface area contributed by atoms with Crippen LogP contribution in [0.2, 0.25) is 0 Å². The van der Waals surface area contributed by atoms with Gasteiger partial charge in [-0.15, -0.1) is 11.8 Å². The van der Waals surface area contributed by atoms with Gasteiger partial charge in [0.1, 0.15) is 0 Å². The number of nitrogens with one attached hydrogen (secondary N) is 1. The van der Waals surface area contributed by atoms with Crippen molar-refractivity contribution in [1.29, 1.82) is 0 Å². The lowest BCUT2D eigenvalue weighted by molar-refractivity contribution is -0.113. The van der Waals surface area contributed by atoms with Gasteiger partial charge in [-0.1, -0.05) is 6.07 Å². The van der Waals surface area contributed by atoms with Crippen LogP contribution in [-0.4, -0.2) is 23.5 Å². The van der Waals surface area contributed by atoms with Crippen molar-refractivity contribution in [2.45, 2.75) is 17.9 Å². The third-order valence-electron chi connectivity index (χ3n) is 2.31. The Bertz CT molecular complexity index is 457. The van der Waals surface area contributed by atoms with Gasteiger partial charge in [-0.3, -0.25) is 9.59 Å². The van der Waals surface area contributed by atoms with Crippen LogP contribution in [-0.2, 0) is 4.79 Å². The summed E-state index contributed by atoms with van der Waals surface area (Å²) in [7, 11) is 0. The highest BCUT2D eigenvalue weighted by molar-refractivity contribution is 8.00. The van der Waals surface area contributed by atoms with E-state index in [1.807, 2.05) is 6.07 Å². The molecule has 5 heteroatoms. The average Bonchev–Trinajstić information content (AvgIpc) is 2.26. The van der Waals surface area contributed by atoms with E-state index < -0.39 is 6.04 Å². The number of fused-ring (bicyclic) bond motifs is 1. The number of thioether (sulfide) groups is 1. The number of hydrogen-bond donors (Lipinski definition) is 2. The molecule has 2 rings (SSSR count). The van der Waals surface area contributed by atoms with Crippen molar-refractivity contribution in [1.82, 2.24) is 0 Å². The molecular weight excluding hydrogens is 224 g/mol. The zero-order valence-electron chi connectivity index (χ0n) is 8.82. The van der Waals surface area contributed by atoms with Gasteiger partial charge in [-0.25, -0.2) is 0 Å². The third-order valence-corrected chi connectivity index (χ3v) is 3.38. The van der Waals surface area contributed by atoms with E-state index >= 15 is 0 Å². The summed E-state index contributed by atoms with van der Waals surface area (Å²) in [4.78, 5) is 23.9. The van der Waals surface area contributed by atoms with Crippen molar-refractivity contribution in [3.63, 3.8) is 0 Å². The molecule has 0 aromatic heterocycles. The number of rotatable bonds is 2. The fraction of sp³-hybridized carbons (Fsp3) is 0.273. The molecule has 3 N–H and O–H groups in total. The number of nitrogens with two attached hydrogens (primary N) is 1. The fourth-order valence-electron chi connectivity index (χ4n) is 1.50. The zero-order valence-corrected chi connectivity index (χ0v) is 9.64. The number of ketones is 1. The molecule has 1 heterocycles. The maximum atomic E-state index is 11.7. The quantitative estimate of drug-likeness (QED) is 0.758. The summed E-state index contributed by atoms with van der Waals surface area (Å²) in [5.41, 5.74) is 6.77. The summed E-state index contributed by atoms with van der Waals surface area (Å²) in [5, 5.41) is 2.74. The summed E-state index contributed by atoms with van der Waals surface area (Å²) in [6, 6.07) is 4.75. The van der Waals surface area contributed by atoms with Crippen molar-refractivity contribution in [3.8, 4) is 0 Å². The molecule has 1 atom stereocenters. The van der Waals surface area contributed by atoms with Crippen LogP contribution in [0.3, 0.4) is 0 Å². The van der Waals surface area contributed by atoms with Crippen molar-refractivity contribution >= 4 is 29.1 Å². The van der Waals surface area contributed by atoms with Crippen LogP contribution in [0.15, 0.2) is 23.1 Å². The number of amides is 1. The van der Waals surface area contributed by atoms with E-state index in [0.717, 1.165) is 4.90 Å². The van der Waals surface area contributed by atoms with Crippen LogP contribution < -0.4 is 11.1 Å². The number of hydrogen-bond acceptors (Lipinski definition) is 4. The Hall–Kier alpha value is -1.33. The average molecular weight is 236 g/mol. The zero-order chi connectivity index (χ0) is 11.7. The van der Waals surface area contributed by atoms with E-state index in [0.29, 0.717) is 17.0 Å². The Kier molecular flexibility index (Phi) is 2.98. The van der Waals surface area contributed by atoms with Crippen molar-refractivity contribution in [2.75, 3.05) is 11.1 Å². The summed E-state index contributed by atoms with van der Waals surface area (Å²) in [5.74, 6) is 0.267. The molecular formula is C11H12N2O2S. The predicted molar refractivity (Wildman–Crippen MR) is 63.8 cm³/mol. The monoisotopic (exact) mass is 236 g/mol. The molecule has 1 aliphatic heterocycles. The second-order valence-electron chi connectivity index (χ2n) is 3.70. The van der Waals surface area contributed by atoms with Crippen LogP contribution in [0, 0.1) is 0 Å². The van der Waals surface area contributed by atoms with Gasteiger partial charge in [0, 0.05) is 10.5 Å². The van der Waals surface area contributed by atoms with Gasteiger partial charge in [0.25, 0.3) is 0 Å². The second-order valence-corrected chi connectivity index (χ2v) is 4.72. The molecule has 16 heavy (non-hydrogen) atoms.